The maximum absolute atomic E-state index is 11.5. The van der Waals surface area contributed by atoms with Gasteiger partial charge in [-0.3, -0.25) is 4.79 Å². The SMILES string of the molecule is CC(C)(C)c1cc(N)cc2c1OCCC(=O)N2. The lowest BCUT2D eigenvalue weighted by Crippen LogP contribution is -2.14. The van der Waals surface area contributed by atoms with E-state index in [0.717, 1.165) is 11.3 Å². The third-order valence-corrected chi connectivity index (χ3v) is 2.77. The third-order valence-electron chi connectivity index (χ3n) is 2.77. The van der Waals surface area contributed by atoms with Crippen LogP contribution in [0.1, 0.15) is 32.8 Å². The first-order chi connectivity index (χ1) is 7.88. The lowest BCUT2D eigenvalue weighted by molar-refractivity contribution is -0.116. The molecule has 0 aliphatic carbocycles. The van der Waals surface area contributed by atoms with Gasteiger partial charge in [-0.25, -0.2) is 0 Å². The zero-order valence-corrected chi connectivity index (χ0v) is 10.5. The molecule has 0 saturated carbocycles. The average molecular weight is 234 g/mol. The van der Waals surface area contributed by atoms with Crippen molar-refractivity contribution in [1.29, 1.82) is 0 Å². The smallest absolute Gasteiger partial charge is 0.227 e. The van der Waals surface area contributed by atoms with Gasteiger partial charge in [0.1, 0.15) is 5.75 Å². The summed E-state index contributed by atoms with van der Waals surface area (Å²) in [5, 5.41) is 2.83. The third kappa shape index (κ3) is 2.35. The summed E-state index contributed by atoms with van der Waals surface area (Å²) < 4.78 is 5.69. The summed E-state index contributed by atoms with van der Waals surface area (Å²) in [5.74, 6) is 0.715. The van der Waals surface area contributed by atoms with Crippen LogP contribution in [0.5, 0.6) is 5.75 Å². The topological polar surface area (TPSA) is 64.3 Å². The van der Waals surface area contributed by atoms with Crippen molar-refractivity contribution in [3.63, 3.8) is 0 Å². The molecule has 4 heteroatoms. The Kier molecular flexibility index (Phi) is 2.73. The molecule has 4 nitrogen and oxygen atoms in total. The molecule has 17 heavy (non-hydrogen) atoms. The van der Waals surface area contributed by atoms with Crippen molar-refractivity contribution in [1.82, 2.24) is 0 Å². The monoisotopic (exact) mass is 234 g/mol. The van der Waals surface area contributed by atoms with Crippen LogP contribution >= 0.6 is 0 Å². The van der Waals surface area contributed by atoms with Crippen molar-refractivity contribution in [2.45, 2.75) is 32.6 Å². The van der Waals surface area contributed by atoms with E-state index in [1.54, 1.807) is 6.07 Å². The summed E-state index contributed by atoms with van der Waals surface area (Å²) in [4.78, 5) is 11.5. The van der Waals surface area contributed by atoms with Crippen molar-refractivity contribution in [2.24, 2.45) is 0 Å². The zero-order chi connectivity index (χ0) is 12.6. The van der Waals surface area contributed by atoms with E-state index in [4.69, 9.17) is 10.5 Å². The van der Waals surface area contributed by atoms with E-state index in [2.05, 4.69) is 26.1 Å². The minimum absolute atomic E-state index is 0.0331. The van der Waals surface area contributed by atoms with Gasteiger partial charge in [0, 0.05) is 11.3 Å². The van der Waals surface area contributed by atoms with E-state index in [0.29, 0.717) is 24.4 Å². The van der Waals surface area contributed by atoms with Gasteiger partial charge in [0.25, 0.3) is 0 Å². The standard InChI is InChI=1S/C13H18N2O2/c1-13(2,3)9-6-8(14)7-10-12(9)17-5-4-11(16)15-10/h6-7H,4-5,14H2,1-3H3,(H,15,16). The maximum atomic E-state index is 11.5. The number of rotatable bonds is 0. The number of benzene rings is 1. The van der Waals surface area contributed by atoms with Gasteiger partial charge >= 0.3 is 0 Å². The predicted octanol–water partition coefficient (Wildman–Crippen LogP) is 2.29. The van der Waals surface area contributed by atoms with Crippen LogP contribution in [0, 0.1) is 0 Å². The number of fused-ring (bicyclic) bond motifs is 1. The molecule has 0 unspecified atom stereocenters. The van der Waals surface area contributed by atoms with Gasteiger partial charge in [0.2, 0.25) is 5.91 Å². The van der Waals surface area contributed by atoms with Crippen LogP contribution in [-0.2, 0) is 10.2 Å². The minimum atomic E-state index is -0.0749. The van der Waals surface area contributed by atoms with E-state index in [-0.39, 0.29) is 11.3 Å². The Balaban J connectivity index is 2.58. The van der Waals surface area contributed by atoms with E-state index in [1.165, 1.54) is 0 Å². The number of hydrogen-bond donors (Lipinski definition) is 2. The average Bonchev–Trinajstić information content (AvgIpc) is 2.35. The second-order valence-electron chi connectivity index (χ2n) is 5.34. The lowest BCUT2D eigenvalue weighted by Gasteiger charge is -2.24. The molecule has 0 saturated heterocycles. The van der Waals surface area contributed by atoms with Crippen molar-refractivity contribution in [2.75, 3.05) is 17.7 Å². The molecular weight excluding hydrogens is 216 g/mol. The number of amides is 1. The number of ether oxygens (including phenoxy) is 1. The number of nitrogens with one attached hydrogen (secondary N) is 1. The van der Waals surface area contributed by atoms with Gasteiger partial charge < -0.3 is 15.8 Å². The zero-order valence-electron chi connectivity index (χ0n) is 10.5. The van der Waals surface area contributed by atoms with Gasteiger partial charge in [0.15, 0.2) is 0 Å². The normalized spacial score (nSPS) is 15.6. The summed E-state index contributed by atoms with van der Waals surface area (Å²) in [5.41, 5.74) is 8.13. The molecule has 0 bridgehead atoms. The predicted molar refractivity (Wildman–Crippen MR) is 68.3 cm³/mol. The van der Waals surface area contributed by atoms with E-state index >= 15 is 0 Å². The van der Waals surface area contributed by atoms with E-state index < -0.39 is 0 Å². The van der Waals surface area contributed by atoms with E-state index in [9.17, 15) is 4.79 Å². The number of anilines is 2. The number of carbonyl (C=O) groups excluding carboxylic acids is 1. The van der Waals surface area contributed by atoms with Crippen LogP contribution in [0.15, 0.2) is 12.1 Å². The van der Waals surface area contributed by atoms with Gasteiger partial charge in [-0.2, -0.15) is 0 Å². The lowest BCUT2D eigenvalue weighted by atomic mass is 9.85. The second kappa shape index (κ2) is 3.95. The molecular formula is C13H18N2O2. The Morgan fingerprint density at radius 2 is 2.06 bits per heavy atom. The fourth-order valence-corrected chi connectivity index (χ4v) is 1.92. The van der Waals surface area contributed by atoms with Gasteiger partial charge in [-0.05, 0) is 17.5 Å². The first kappa shape index (κ1) is 11.8. The molecule has 0 fully saturated rings. The van der Waals surface area contributed by atoms with Crippen molar-refractivity contribution in [3.8, 4) is 5.75 Å². The van der Waals surface area contributed by atoms with Gasteiger partial charge in [-0.1, -0.05) is 20.8 Å². The highest BCUT2D eigenvalue weighted by Crippen LogP contribution is 2.40. The fourth-order valence-electron chi connectivity index (χ4n) is 1.92. The summed E-state index contributed by atoms with van der Waals surface area (Å²) >= 11 is 0. The van der Waals surface area contributed by atoms with Crippen molar-refractivity contribution < 1.29 is 9.53 Å². The summed E-state index contributed by atoms with van der Waals surface area (Å²) in [6, 6.07) is 3.66. The highest BCUT2D eigenvalue weighted by Gasteiger charge is 2.25. The number of nitrogen functional groups attached to an aromatic ring is 1. The molecule has 92 valence electrons. The quantitative estimate of drug-likeness (QED) is 0.677. The fraction of sp³-hybridized carbons (Fsp3) is 0.462. The van der Waals surface area contributed by atoms with Crippen LogP contribution in [0.4, 0.5) is 11.4 Å². The molecule has 2 rings (SSSR count). The summed E-state index contributed by atoms with van der Waals surface area (Å²) in [6.07, 6.45) is 0.373. The highest BCUT2D eigenvalue weighted by atomic mass is 16.5. The molecule has 0 spiro atoms. The molecule has 0 aromatic heterocycles. The van der Waals surface area contributed by atoms with Gasteiger partial charge in [0.05, 0.1) is 18.7 Å². The first-order valence-corrected chi connectivity index (χ1v) is 5.74. The first-order valence-electron chi connectivity index (χ1n) is 5.74. The summed E-state index contributed by atoms with van der Waals surface area (Å²) in [6.45, 7) is 6.69. The summed E-state index contributed by atoms with van der Waals surface area (Å²) in [7, 11) is 0. The maximum Gasteiger partial charge on any atom is 0.227 e. The molecule has 1 amide bonds. The molecule has 3 N–H and O–H groups in total. The molecule has 1 aromatic rings. The minimum Gasteiger partial charge on any atom is -0.491 e. The number of carbonyl (C=O) groups is 1. The Bertz CT molecular complexity index is 461. The second-order valence-corrected chi connectivity index (χ2v) is 5.34. The Labute approximate surface area is 101 Å². The van der Waals surface area contributed by atoms with Crippen LogP contribution in [0.25, 0.3) is 0 Å². The van der Waals surface area contributed by atoms with Crippen LogP contribution in [0.2, 0.25) is 0 Å². The molecule has 0 radical (unpaired) electrons. The molecule has 1 aliphatic rings. The van der Waals surface area contributed by atoms with Crippen LogP contribution in [0.3, 0.4) is 0 Å². The van der Waals surface area contributed by atoms with Crippen LogP contribution < -0.4 is 15.8 Å². The molecule has 1 aliphatic heterocycles. The Morgan fingerprint density at radius 1 is 1.35 bits per heavy atom. The largest absolute Gasteiger partial charge is 0.491 e. The molecule has 1 heterocycles. The Hall–Kier alpha value is -1.71. The Morgan fingerprint density at radius 3 is 2.71 bits per heavy atom. The molecule has 1 aromatic carbocycles. The van der Waals surface area contributed by atoms with E-state index in [1.807, 2.05) is 6.07 Å². The van der Waals surface area contributed by atoms with Crippen molar-refractivity contribution in [3.05, 3.63) is 17.7 Å². The van der Waals surface area contributed by atoms with Crippen molar-refractivity contribution >= 4 is 17.3 Å². The molecule has 0 atom stereocenters. The number of hydrogen-bond acceptors (Lipinski definition) is 3. The van der Waals surface area contributed by atoms with Crippen LogP contribution in [-0.4, -0.2) is 12.5 Å². The number of nitrogens with two attached hydrogens (primary N) is 1. The van der Waals surface area contributed by atoms with Gasteiger partial charge in [-0.15, -0.1) is 0 Å². The highest BCUT2D eigenvalue weighted by molar-refractivity contribution is 5.94.